The van der Waals surface area contributed by atoms with Crippen LogP contribution in [0.5, 0.6) is 5.75 Å². The number of hydrogen-bond acceptors (Lipinski definition) is 19. The Morgan fingerprint density at radius 3 is 1.85 bits per heavy atom. The van der Waals surface area contributed by atoms with Gasteiger partial charge in [-0.25, -0.2) is 4.79 Å². The van der Waals surface area contributed by atoms with E-state index in [0.717, 1.165) is 26.5 Å². The van der Waals surface area contributed by atoms with Gasteiger partial charge in [0, 0.05) is 60.8 Å². The smallest absolute Gasteiger partial charge is 0.326 e. The fraction of sp³-hybridized carbons (Fsp3) is 0.476. The number of amides is 10. The molecule has 96 heavy (non-hydrogen) atoms. The van der Waals surface area contributed by atoms with E-state index in [1.807, 2.05) is 0 Å². The van der Waals surface area contributed by atoms with E-state index in [2.05, 4.69) is 52.8 Å². The summed E-state index contributed by atoms with van der Waals surface area (Å²) in [6, 6.07) is 3.54. The quantitative estimate of drug-likeness (QED) is 0.0308. The molecule has 12 unspecified atom stereocenters. The Morgan fingerprint density at radius 1 is 0.656 bits per heavy atom. The Labute approximate surface area is 559 Å². The number of hydrogen-bond donors (Lipinski definition) is 17. The molecule has 2 aliphatic rings. The molecule has 0 saturated carbocycles. The van der Waals surface area contributed by atoms with Gasteiger partial charge in [0.25, 0.3) is 0 Å². The zero-order valence-electron chi connectivity index (χ0n) is 52.9. The van der Waals surface area contributed by atoms with E-state index in [0.29, 0.717) is 27.6 Å². The van der Waals surface area contributed by atoms with E-state index in [9.17, 15) is 73.2 Å². The molecule has 10 amide bonds. The lowest BCUT2D eigenvalue weighted by Crippen LogP contribution is -2.62. The number of fused-ring (bicyclic) bond motifs is 1. The van der Waals surface area contributed by atoms with Crippen LogP contribution in [0.3, 0.4) is 0 Å². The lowest BCUT2D eigenvalue weighted by molar-refractivity contribution is -0.145. The normalized spacial score (nSPS) is 21.7. The van der Waals surface area contributed by atoms with E-state index in [1.165, 1.54) is 45.0 Å². The maximum atomic E-state index is 15.1. The number of aromatic amines is 1. The van der Waals surface area contributed by atoms with Crippen LogP contribution in [0, 0.1) is 5.92 Å². The van der Waals surface area contributed by atoms with Crippen molar-refractivity contribution in [2.45, 2.75) is 158 Å². The van der Waals surface area contributed by atoms with Gasteiger partial charge < -0.3 is 94.7 Å². The molecule has 0 bridgehead atoms. The Hall–Kier alpha value is -9.31. The average molecular weight is 1370 g/mol. The second-order valence-electron chi connectivity index (χ2n) is 23.7. The third-order valence-corrected chi connectivity index (χ3v) is 18.4. The number of phenolic OH excluding ortho intramolecular Hbond substituents is 1. The fourth-order valence-electron chi connectivity index (χ4n) is 10.6. The molecular weight excluding hydrogens is 1290 g/mol. The van der Waals surface area contributed by atoms with Gasteiger partial charge >= 0.3 is 17.9 Å². The molecule has 2 saturated heterocycles. The van der Waals surface area contributed by atoms with Gasteiger partial charge in [-0.2, -0.15) is 0 Å². The molecule has 0 radical (unpaired) electrons. The minimum Gasteiger partial charge on any atom is -0.508 e. The van der Waals surface area contributed by atoms with Crippen LogP contribution in [0.1, 0.15) is 82.4 Å². The van der Waals surface area contributed by atoms with Crippen molar-refractivity contribution in [2.75, 3.05) is 24.6 Å². The molecule has 1 aromatic heterocycles. The predicted octanol–water partition coefficient (Wildman–Crippen LogP) is -1.82. The first-order chi connectivity index (χ1) is 45.6. The SMILES string of the molecule is CC(C)C(NC(=O)C1CSSCC(NC(=O)C(CC(=O)O)NC(=O)C2CCCN2C(=O)C(NC(=O)C(N)CCC(=O)O)C(C)O)C(=O)NC(Cc2ccccc2)C(=O)NC(Cc2c[nH]c3ccccc23)C(=O)NC(CCCN)C(=O)NC(Cc2ccc(O)cc2)C(=O)N1)C(=O)O. The van der Waals surface area contributed by atoms with Crippen molar-refractivity contribution in [3.05, 3.63) is 102 Å². The van der Waals surface area contributed by atoms with Gasteiger partial charge in [-0.1, -0.05) is 96.1 Å². The van der Waals surface area contributed by atoms with Crippen LogP contribution in [0.25, 0.3) is 10.9 Å². The van der Waals surface area contributed by atoms with E-state index in [1.54, 1.807) is 60.8 Å². The second-order valence-corrected chi connectivity index (χ2v) is 26.2. The summed E-state index contributed by atoms with van der Waals surface area (Å²) >= 11 is 0. The number of carbonyl (C=O) groups excluding carboxylic acids is 10. The number of aliphatic hydroxyl groups excluding tert-OH is 1. The highest BCUT2D eigenvalue weighted by atomic mass is 33.1. The number of benzene rings is 3. The summed E-state index contributed by atoms with van der Waals surface area (Å²) < 4.78 is 0. The number of carboxylic acids is 3. The van der Waals surface area contributed by atoms with E-state index in [-0.39, 0.29) is 70.2 Å². The third-order valence-electron chi connectivity index (χ3n) is 15.9. The molecule has 19 N–H and O–H groups in total. The Morgan fingerprint density at radius 2 is 1.24 bits per heavy atom. The van der Waals surface area contributed by atoms with Crippen molar-refractivity contribution in [1.82, 2.24) is 57.7 Å². The number of rotatable bonds is 26. The first kappa shape index (κ1) is 75.7. The second kappa shape index (κ2) is 36.5. The number of phenols is 1. The Kier molecular flexibility index (Phi) is 28.8. The van der Waals surface area contributed by atoms with Crippen LogP contribution in [0.15, 0.2) is 85.1 Å². The highest BCUT2D eigenvalue weighted by Gasteiger charge is 2.42. The number of H-pyrrole nitrogens is 1. The number of likely N-dealkylation sites (tertiary alicyclic amines) is 1. The van der Waals surface area contributed by atoms with Crippen molar-refractivity contribution in [3.63, 3.8) is 0 Å². The average Bonchev–Trinajstić information content (AvgIpc) is 1.62. The summed E-state index contributed by atoms with van der Waals surface area (Å²) in [6.07, 6.45) is -2.43. The maximum absolute atomic E-state index is 15.1. The molecule has 0 aliphatic carbocycles. The van der Waals surface area contributed by atoms with Crippen LogP contribution in [-0.4, -0.2) is 210 Å². The molecule has 4 aromatic rings. The van der Waals surface area contributed by atoms with Crippen molar-refractivity contribution < 1.29 is 87.9 Å². The third kappa shape index (κ3) is 22.4. The molecule has 2 aliphatic heterocycles. The molecule has 31 nitrogen and oxygen atoms in total. The number of carbonyl (C=O) groups is 13. The molecule has 0 spiro atoms. The molecule has 520 valence electrons. The van der Waals surface area contributed by atoms with Crippen LogP contribution in [0.2, 0.25) is 0 Å². The molecule has 2 fully saturated rings. The van der Waals surface area contributed by atoms with Crippen molar-refractivity contribution in [2.24, 2.45) is 17.4 Å². The summed E-state index contributed by atoms with van der Waals surface area (Å²) in [4.78, 5) is 185. The Bertz CT molecular complexity index is 3430. The number of carboxylic acid groups (broad SMARTS) is 3. The number of para-hydroxylation sites is 1. The van der Waals surface area contributed by atoms with Crippen molar-refractivity contribution in [3.8, 4) is 5.75 Å². The van der Waals surface area contributed by atoms with Gasteiger partial charge in [0.1, 0.15) is 66.2 Å². The standard InChI is InChI=1S/C63H83N13O18S2/c1-32(2)51(63(93)94)74-60(90)47-31-96-95-30-46(72-58(88)45(28-50(81)82)71-61(91)48-16-10-24-76(48)62(92)52(33(3)77)75-53(83)39(65)21-22-49(79)80)59(89)69-42(25-34-11-5-4-6-12-34)55(85)70-44(27-36-29-66-40-14-8-7-13-38(36)40)57(87)67-41(15-9-23-64)54(84)68-43(56(86)73-47)26-35-17-19-37(78)20-18-35/h4-8,11-14,17-20,29,32-33,39,41-48,51-52,66,77-78H,9-10,15-16,21-28,30-31,64-65H2,1-3H3,(H,67,87)(H,68,84)(H,69,89)(H,70,85)(H,71,91)(H,72,88)(H,73,86)(H,74,90)(H,75,83)(H,79,80)(H,81,82)(H,93,94). The summed E-state index contributed by atoms with van der Waals surface area (Å²) in [5.41, 5.74) is 13.9. The molecule has 12 atom stereocenters. The zero-order chi connectivity index (χ0) is 70.3. The number of aromatic hydroxyl groups is 1. The van der Waals surface area contributed by atoms with Gasteiger partial charge in [0.15, 0.2) is 0 Å². The highest BCUT2D eigenvalue weighted by molar-refractivity contribution is 8.76. The lowest BCUT2D eigenvalue weighted by Gasteiger charge is -2.31. The molecule has 3 heterocycles. The topological polar surface area (TPSA) is 502 Å². The number of aliphatic carboxylic acids is 3. The number of aliphatic hydroxyl groups is 1. The fourth-order valence-corrected chi connectivity index (χ4v) is 13.0. The monoisotopic (exact) mass is 1370 g/mol. The van der Waals surface area contributed by atoms with Crippen molar-refractivity contribution >= 4 is 109 Å². The van der Waals surface area contributed by atoms with Gasteiger partial charge in [-0.3, -0.25) is 57.5 Å². The summed E-state index contributed by atoms with van der Waals surface area (Å²) in [7, 11) is 1.65. The predicted molar refractivity (Wildman–Crippen MR) is 351 cm³/mol. The highest BCUT2D eigenvalue weighted by Crippen LogP contribution is 2.26. The van der Waals surface area contributed by atoms with E-state index >= 15 is 9.59 Å². The maximum Gasteiger partial charge on any atom is 0.326 e. The van der Waals surface area contributed by atoms with E-state index < -0.39 is 180 Å². The number of nitrogens with zero attached hydrogens (tertiary/aromatic N) is 1. The number of nitrogens with two attached hydrogens (primary N) is 2. The van der Waals surface area contributed by atoms with Crippen LogP contribution in [0.4, 0.5) is 0 Å². The molecular formula is C63H83N13O18S2. The van der Waals surface area contributed by atoms with Gasteiger partial charge in [-0.15, -0.1) is 0 Å². The van der Waals surface area contributed by atoms with Gasteiger partial charge in [0.2, 0.25) is 59.1 Å². The van der Waals surface area contributed by atoms with Gasteiger partial charge in [-0.05, 0) is 86.4 Å². The van der Waals surface area contributed by atoms with E-state index in [4.69, 9.17) is 16.6 Å². The zero-order valence-corrected chi connectivity index (χ0v) is 54.6. The minimum atomic E-state index is -2.00. The first-order valence-corrected chi connectivity index (χ1v) is 33.6. The largest absolute Gasteiger partial charge is 0.508 e. The summed E-state index contributed by atoms with van der Waals surface area (Å²) in [6.45, 7) is 4.15. The van der Waals surface area contributed by atoms with Crippen LogP contribution < -0.4 is 59.3 Å². The minimum absolute atomic E-state index is 0.0402. The first-order valence-electron chi connectivity index (χ1n) is 31.1. The van der Waals surface area contributed by atoms with Crippen LogP contribution in [-0.2, 0) is 81.6 Å². The van der Waals surface area contributed by atoms with Crippen LogP contribution >= 0.6 is 21.6 Å². The summed E-state index contributed by atoms with van der Waals surface area (Å²) in [5.74, 6) is -16.1. The molecule has 3 aromatic carbocycles. The Balaban J connectivity index is 1.40. The molecule has 33 heteroatoms. The number of nitrogens with one attached hydrogen (secondary N) is 10. The van der Waals surface area contributed by atoms with Gasteiger partial charge in [0.05, 0.1) is 18.6 Å². The lowest BCUT2D eigenvalue weighted by atomic mass is 10.0. The summed E-state index contributed by atoms with van der Waals surface area (Å²) in [5, 5.41) is 73.9. The van der Waals surface area contributed by atoms with Crippen molar-refractivity contribution in [1.29, 1.82) is 0 Å². The number of aromatic nitrogens is 1. The molecule has 6 rings (SSSR count).